The van der Waals surface area contributed by atoms with Crippen LogP contribution in [0, 0.1) is 0 Å². The highest BCUT2D eigenvalue weighted by Crippen LogP contribution is 2.38. The van der Waals surface area contributed by atoms with Crippen molar-refractivity contribution in [3.8, 4) is 5.88 Å². The standard InChI is InChI=1S/C24H30F3N7O/c1-3-17(29-2)15-8-7-14(11-16(15)24(25,26)27)32-20-19-18(12-30-21(19)35)33-22(34-20)31-13-23(28)9-5-4-6-10-23/h3,7-8,11-12,29-30,35H,4-6,9-10,13,28H2,1-2H3,(H2,31,32,33,34). The molecule has 0 spiro atoms. The van der Waals surface area contributed by atoms with Crippen LogP contribution < -0.4 is 21.7 Å². The number of aromatic amines is 1. The van der Waals surface area contributed by atoms with E-state index in [1.165, 1.54) is 24.8 Å². The number of aromatic hydroxyl groups is 1. The second-order valence-corrected chi connectivity index (χ2v) is 8.91. The van der Waals surface area contributed by atoms with Gasteiger partial charge in [-0.3, -0.25) is 0 Å². The molecule has 1 saturated carbocycles. The summed E-state index contributed by atoms with van der Waals surface area (Å²) in [5, 5.41) is 19.5. The number of anilines is 3. The fourth-order valence-corrected chi connectivity index (χ4v) is 4.54. The highest BCUT2D eigenvalue weighted by molar-refractivity contribution is 5.96. The van der Waals surface area contributed by atoms with E-state index in [1.54, 1.807) is 20.0 Å². The molecule has 1 aliphatic rings. The molecule has 1 aromatic carbocycles. The lowest BCUT2D eigenvalue weighted by Gasteiger charge is -2.33. The Morgan fingerprint density at radius 3 is 2.63 bits per heavy atom. The Bertz CT molecular complexity index is 1230. The van der Waals surface area contributed by atoms with Crippen molar-refractivity contribution in [3.05, 3.63) is 41.6 Å². The number of aromatic nitrogens is 3. The van der Waals surface area contributed by atoms with Gasteiger partial charge in [0.05, 0.1) is 11.1 Å². The third kappa shape index (κ3) is 5.29. The third-order valence-electron chi connectivity index (χ3n) is 6.40. The lowest BCUT2D eigenvalue weighted by atomic mass is 9.82. The Labute approximate surface area is 201 Å². The summed E-state index contributed by atoms with van der Waals surface area (Å²) in [5.74, 6) is 0.260. The van der Waals surface area contributed by atoms with Crippen molar-refractivity contribution in [1.82, 2.24) is 20.3 Å². The lowest BCUT2D eigenvalue weighted by Crippen LogP contribution is -2.47. The fourth-order valence-electron chi connectivity index (χ4n) is 4.54. The number of benzene rings is 1. The summed E-state index contributed by atoms with van der Waals surface area (Å²) in [7, 11) is 1.57. The maximum atomic E-state index is 13.9. The van der Waals surface area contributed by atoms with Crippen molar-refractivity contribution in [3.63, 3.8) is 0 Å². The van der Waals surface area contributed by atoms with Gasteiger partial charge in [0.25, 0.3) is 0 Å². The molecule has 4 rings (SSSR count). The predicted molar refractivity (Wildman–Crippen MR) is 131 cm³/mol. The predicted octanol–water partition coefficient (Wildman–Crippen LogP) is 5.08. The summed E-state index contributed by atoms with van der Waals surface area (Å²) in [5.41, 5.74) is 6.33. The zero-order chi connectivity index (χ0) is 25.2. The van der Waals surface area contributed by atoms with Gasteiger partial charge in [0.15, 0.2) is 0 Å². The van der Waals surface area contributed by atoms with Gasteiger partial charge in [-0.1, -0.05) is 31.4 Å². The van der Waals surface area contributed by atoms with Crippen LogP contribution in [0.25, 0.3) is 16.6 Å². The van der Waals surface area contributed by atoms with Crippen LogP contribution in [-0.4, -0.2) is 39.2 Å². The number of allylic oxidation sites excluding steroid dienone is 1. The molecule has 0 amide bonds. The molecule has 2 aromatic heterocycles. The monoisotopic (exact) mass is 489 g/mol. The Morgan fingerprint density at radius 2 is 1.97 bits per heavy atom. The summed E-state index contributed by atoms with van der Waals surface area (Å²) in [6.07, 6.45) is 3.61. The molecule has 8 nitrogen and oxygen atoms in total. The van der Waals surface area contributed by atoms with Gasteiger partial charge in [0, 0.05) is 42.3 Å². The van der Waals surface area contributed by atoms with Crippen LogP contribution in [0.1, 0.15) is 50.2 Å². The molecule has 0 saturated heterocycles. The molecule has 7 N–H and O–H groups in total. The van der Waals surface area contributed by atoms with Crippen LogP contribution in [0.5, 0.6) is 5.88 Å². The number of nitrogens with zero attached hydrogens (tertiary/aromatic N) is 2. The Kier molecular flexibility index (Phi) is 6.79. The van der Waals surface area contributed by atoms with E-state index in [1.807, 2.05) is 0 Å². The summed E-state index contributed by atoms with van der Waals surface area (Å²) < 4.78 is 41.6. The SMILES string of the molecule is CC=C(NC)c1ccc(Nc2nc(NCC3(N)CCCCC3)nc3c[nH]c(O)c23)cc1C(F)(F)F. The third-order valence-corrected chi connectivity index (χ3v) is 6.40. The average molecular weight is 490 g/mol. The highest BCUT2D eigenvalue weighted by Gasteiger charge is 2.34. The smallest absolute Gasteiger partial charge is 0.417 e. The van der Waals surface area contributed by atoms with Crippen LogP contribution in [-0.2, 0) is 6.18 Å². The second kappa shape index (κ2) is 9.65. The number of alkyl halides is 3. The molecule has 1 aliphatic carbocycles. The zero-order valence-electron chi connectivity index (χ0n) is 19.7. The molecule has 188 valence electrons. The summed E-state index contributed by atoms with van der Waals surface area (Å²) >= 11 is 0. The van der Waals surface area contributed by atoms with Gasteiger partial charge in [0.2, 0.25) is 11.8 Å². The zero-order valence-corrected chi connectivity index (χ0v) is 19.7. The minimum absolute atomic E-state index is 0.0356. The topological polar surface area (TPSA) is 124 Å². The molecule has 35 heavy (non-hydrogen) atoms. The molecule has 0 radical (unpaired) electrons. The summed E-state index contributed by atoms with van der Waals surface area (Å²) in [6, 6.07) is 3.96. The number of nitrogens with one attached hydrogen (secondary N) is 4. The number of fused-ring (bicyclic) bond motifs is 1. The van der Waals surface area contributed by atoms with Gasteiger partial charge in [-0.2, -0.15) is 18.2 Å². The van der Waals surface area contributed by atoms with Gasteiger partial charge >= 0.3 is 6.18 Å². The largest absolute Gasteiger partial charge is 0.494 e. The van der Waals surface area contributed by atoms with E-state index >= 15 is 0 Å². The van der Waals surface area contributed by atoms with Crippen molar-refractivity contribution in [1.29, 1.82) is 0 Å². The van der Waals surface area contributed by atoms with Crippen LogP contribution in [0.2, 0.25) is 0 Å². The van der Waals surface area contributed by atoms with Gasteiger partial charge in [-0.05, 0) is 31.9 Å². The summed E-state index contributed by atoms with van der Waals surface area (Å²) in [4.78, 5) is 11.6. The van der Waals surface area contributed by atoms with Crippen molar-refractivity contribution >= 4 is 34.1 Å². The molecular weight excluding hydrogens is 459 g/mol. The van der Waals surface area contributed by atoms with Crippen molar-refractivity contribution in [2.45, 2.75) is 50.7 Å². The first-order valence-corrected chi connectivity index (χ1v) is 11.6. The number of halogens is 3. The fraction of sp³-hybridized carbons (Fsp3) is 0.417. The summed E-state index contributed by atoms with van der Waals surface area (Å²) in [6.45, 7) is 2.13. The Morgan fingerprint density at radius 1 is 1.23 bits per heavy atom. The Balaban J connectivity index is 1.68. The van der Waals surface area contributed by atoms with Gasteiger partial charge in [-0.25, -0.2) is 4.98 Å². The lowest BCUT2D eigenvalue weighted by molar-refractivity contribution is -0.137. The van der Waals surface area contributed by atoms with E-state index in [0.717, 1.165) is 31.7 Å². The van der Waals surface area contributed by atoms with Crippen LogP contribution >= 0.6 is 0 Å². The van der Waals surface area contributed by atoms with E-state index < -0.39 is 11.7 Å². The quantitative estimate of drug-likeness (QED) is 0.273. The van der Waals surface area contributed by atoms with Crippen LogP contribution in [0.3, 0.4) is 0 Å². The van der Waals surface area contributed by atoms with Gasteiger partial charge in [-0.15, -0.1) is 0 Å². The molecule has 0 unspecified atom stereocenters. The van der Waals surface area contributed by atoms with Crippen molar-refractivity contribution in [2.24, 2.45) is 5.73 Å². The second-order valence-electron chi connectivity index (χ2n) is 8.91. The van der Waals surface area contributed by atoms with Crippen molar-refractivity contribution in [2.75, 3.05) is 24.2 Å². The molecule has 0 bridgehead atoms. The first-order valence-electron chi connectivity index (χ1n) is 11.6. The van der Waals surface area contributed by atoms with E-state index in [2.05, 4.69) is 30.9 Å². The number of hydrogen-bond donors (Lipinski definition) is 6. The molecule has 2 heterocycles. The first kappa shape index (κ1) is 24.6. The molecule has 0 aliphatic heterocycles. The van der Waals surface area contributed by atoms with Crippen molar-refractivity contribution < 1.29 is 18.3 Å². The molecule has 3 aromatic rings. The number of rotatable bonds is 7. The van der Waals surface area contributed by atoms with Crippen LogP contribution in [0.15, 0.2) is 30.5 Å². The van der Waals surface area contributed by atoms with E-state index in [9.17, 15) is 18.3 Å². The van der Waals surface area contributed by atoms with Gasteiger partial charge in [0.1, 0.15) is 11.2 Å². The molecular formula is C24H30F3N7O. The molecule has 11 heteroatoms. The normalized spacial score (nSPS) is 16.3. The van der Waals surface area contributed by atoms with E-state index in [0.29, 0.717) is 17.8 Å². The number of nitrogens with two attached hydrogens (primary N) is 1. The molecule has 1 fully saturated rings. The number of hydrogen-bond acceptors (Lipinski definition) is 7. The van der Waals surface area contributed by atoms with Crippen LogP contribution in [0.4, 0.5) is 30.6 Å². The minimum Gasteiger partial charge on any atom is -0.494 e. The maximum absolute atomic E-state index is 13.9. The number of H-pyrrole nitrogens is 1. The maximum Gasteiger partial charge on any atom is 0.417 e. The minimum atomic E-state index is -4.57. The van der Waals surface area contributed by atoms with E-state index in [4.69, 9.17) is 5.73 Å². The molecule has 0 atom stereocenters. The first-order chi connectivity index (χ1) is 16.6. The Hall–Kier alpha value is -3.47. The van der Waals surface area contributed by atoms with Gasteiger partial charge < -0.3 is 31.8 Å². The average Bonchev–Trinajstić information content (AvgIpc) is 3.20. The highest BCUT2D eigenvalue weighted by atomic mass is 19.4. The van der Waals surface area contributed by atoms with E-state index in [-0.39, 0.29) is 39.8 Å².